The molecule has 1 fully saturated rings. The molecular weight excluding hydrogens is 540 g/mol. The van der Waals surface area contributed by atoms with Crippen LogP contribution in [0.4, 0.5) is 22.1 Å². The number of amides is 2. The van der Waals surface area contributed by atoms with E-state index < -0.39 is 11.7 Å². The Balaban J connectivity index is 1.54. The van der Waals surface area contributed by atoms with Gasteiger partial charge < -0.3 is 20.1 Å². The standard InChI is InChI=1S/C29H34N8O5/c1-29(2,3)42-28(40)35(4)24-16-22(33-21-9-8-14-36(27(21)39)23-10-6-7-13-30-23)34-25-20(17-31-37(24)25)26(38)32-18-11-12-19(15-18)41-5/h6-10,13-14,16-19H,11-12,15H2,1-5H3,(H,32,38)(H,33,34)/t18-,19-/m0/s1. The molecule has 1 aliphatic rings. The fourth-order valence-corrected chi connectivity index (χ4v) is 4.79. The predicted molar refractivity (Wildman–Crippen MR) is 157 cm³/mol. The number of nitrogens with one attached hydrogen (secondary N) is 2. The second kappa shape index (κ2) is 11.6. The summed E-state index contributed by atoms with van der Waals surface area (Å²) in [6, 6.07) is 10.1. The number of methoxy groups -OCH3 is 1. The molecule has 13 heteroatoms. The maximum absolute atomic E-state index is 13.4. The van der Waals surface area contributed by atoms with Crippen LogP contribution in [0, 0.1) is 0 Å². The molecule has 42 heavy (non-hydrogen) atoms. The monoisotopic (exact) mass is 574 g/mol. The first-order valence-electron chi connectivity index (χ1n) is 13.6. The Bertz CT molecular complexity index is 1660. The lowest BCUT2D eigenvalue weighted by atomic mass is 10.2. The molecule has 0 aliphatic heterocycles. The Kier molecular flexibility index (Phi) is 7.94. The van der Waals surface area contributed by atoms with Crippen LogP contribution in [0.1, 0.15) is 50.4 Å². The van der Waals surface area contributed by atoms with Crippen molar-refractivity contribution in [2.45, 2.75) is 57.8 Å². The minimum Gasteiger partial charge on any atom is -0.443 e. The van der Waals surface area contributed by atoms with Gasteiger partial charge in [0.05, 0.1) is 12.3 Å². The maximum atomic E-state index is 13.4. The third-order valence-electron chi connectivity index (χ3n) is 6.87. The number of nitrogens with zero attached hydrogens (tertiary/aromatic N) is 6. The van der Waals surface area contributed by atoms with E-state index in [4.69, 9.17) is 9.47 Å². The van der Waals surface area contributed by atoms with Gasteiger partial charge in [-0.3, -0.25) is 19.1 Å². The number of carbonyl (C=O) groups excluding carboxylic acids is 2. The lowest BCUT2D eigenvalue weighted by Gasteiger charge is -2.25. The summed E-state index contributed by atoms with van der Waals surface area (Å²) in [5.74, 6) is 0.604. The molecule has 0 spiro atoms. The van der Waals surface area contributed by atoms with Crippen LogP contribution in [-0.2, 0) is 9.47 Å². The lowest BCUT2D eigenvalue weighted by molar-refractivity contribution is 0.0587. The van der Waals surface area contributed by atoms with Crippen LogP contribution >= 0.6 is 0 Å². The van der Waals surface area contributed by atoms with E-state index in [1.165, 1.54) is 27.2 Å². The number of pyridine rings is 2. The molecule has 1 saturated carbocycles. The molecule has 4 aromatic rings. The van der Waals surface area contributed by atoms with Gasteiger partial charge >= 0.3 is 6.09 Å². The van der Waals surface area contributed by atoms with Crippen molar-refractivity contribution in [2.24, 2.45) is 0 Å². The third-order valence-corrected chi connectivity index (χ3v) is 6.87. The van der Waals surface area contributed by atoms with Crippen LogP contribution in [0.15, 0.2) is 59.8 Å². The number of rotatable bonds is 7. The van der Waals surface area contributed by atoms with Crippen molar-refractivity contribution in [3.63, 3.8) is 0 Å². The van der Waals surface area contributed by atoms with Gasteiger partial charge in [-0.1, -0.05) is 6.07 Å². The van der Waals surface area contributed by atoms with Gasteiger partial charge in [0.1, 0.15) is 34.3 Å². The van der Waals surface area contributed by atoms with Gasteiger partial charge in [-0.15, -0.1) is 0 Å². The van der Waals surface area contributed by atoms with Crippen molar-refractivity contribution >= 4 is 35.0 Å². The minimum atomic E-state index is -0.740. The predicted octanol–water partition coefficient (Wildman–Crippen LogP) is 3.69. The van der Waals surface area contributed by atoms with Crippen LogP contribution in [-0.4, -0.2) is 68.1 Å². The Morgan fingerprint density at radius 3 is 2.64 bits per heavy atom. The largest absolute Gasteiger partial charge is 0.443 e. The van der Waals surface area contributed by atoms with Crippen LogP contribution in [0.25, 0.3) is 11.5 Å². The second-order valence-electron chi connectivity index (χ2n) is 11.1. The van der Waals surface area contributed by atoms with Crippen molar-refractivity contribution in [3.8, 4) is 5.82 Å². The molecule has 5 rings (SSSR count). The fraction of sp³-hybridized carbons (Fsp3) is 0.379. The number of anilines is 3. The molecule has 0 aromatic carbocycles. The van der Waals surface area contributed by atoms with Crippen LogP contribution in [0.5, 0.6) is 0 Å². The topological polar surface area (TPSA) is 145 Å². The summed E-state index contributed by atoms with van der Waals surface area (Å²) < 4.78 is 13.8. The van der Waals surface area contributed by atoms with Gasteiger partial charge in [0.15, 0.2) is 5.65 Å². The van der Waals surface area contributed by atoms with Gasteiger partial charge in [-0.2, -0.15) is 9.61 Å². The minimum absolute atomic E-state index is 0.0444. The Hall–Kier alpha value is -4.78. The van der Waals surface area contributed by atoms with E-state index in [2.05, 4.69) is 25.7 Å². The average Bonchev–Trinajstić information content (AvgIpc) is 3.60. The Labute approximate surface area is 242 Å². The number of carbonyl (C=O) groups is 2. The SMILES string of the molecule is CO[C@H]1CC[C@H](NC(=O)c2cnn3c(N(C)C(=O)OC(C)(C)C)cc(Nc4cccn(-c5ccccn5)c4=O)nc23)C1. The molecule has 4 heterocycles. The number of hydrogen-bond acceptors (Lipinski definition) is 9. The van der Waals surface area contributed by atoms with Gasteiger partial charge in [0.25, 0.3) is 11.5 Å². The molecule has 4 aromatic heterocycles. The molecule has 1 aliphatic carbocycles. The smallest absolute Gasteiger partial charge is 0.415 e. The highest BCUT2D eigenvalue weighted by Gasteiger charge is 2.29. The Morgan fingerprint density at radius 2 is 1.95 bits per heavy atom. The fourth-order valence-electron chi connectivity index (χ4n) is 4.79. The molecule has 2 N–H and O–H groups in total. The normalized spacial score (nSPS) is 16.8. The van der Waals surface area contributed by atoms with Crippen LogP contribution < -0.4 is 21.1 Å². The number of aromatic nitrogens is 5. The van der Waals surface area contributed by atoms with Crippen molar-refractivity contribution in [1.82, 2.24) is 29.5 Å². The van der Waals surface area contributed by atoms with E-state index in [-0.39, 0.29) is 52.1 Å². The van der Waals surface area contributed by atoms with Crippen LogP contribution in [0.2, 0.25) is 0 Å². The summed E-state index contributed by atoms with van der Waals surface area (Å²) in [5, 5.41) is 10.5. The summed E-state index contributed by atoms with van der Waals surface area (Å²) in [7, 11) is 3.20. The molecular formula is C29H34N8O5. The lowest BCUT2D eigenvalue weighted by Crippen LogP contribution is -2.35. The van der Waals surface area contributed by atoms with E-state index in [9.17, 15) is 14.4 Å². The first-order chi connectivity index (χ1) is 20.0. The summed E-state index contributed by atoms with van der Waals surface area (Å²) in [5.41, 5.74) is -0.467. The molecule has 0 unspecified atom stereocenters. The molecule has 2 amide bonds. The van der Waals surface area contributed by atoms with Gasteiger partial charge in [-0.25, -0.2) is 14.8 Å². The zero-order valence-corrected chi connectivity index (χ0v) is 24.2. The highest BCUT2D eigenvalue weighted by molar-refractivity contribution is 6.00. The van der Waals surface area contributed by atoms with E-state index in [0.29, 0.717) is 12.2 Å². The van der Waals surface area contributed by atoms with E-state index in [1.54, 1.807) is 76.7 Å². The molecule has 0 bridgehead atoms. The van der Waals surface area contributed by atoms with Crippen molar-refractivity contribution in [1.29, 1.82) is 0 Å². The summed E-state index contributed by atoms with van der Waals surface area (Å²) in [4.78, 5) is 49.9. The number of ether oxygens (including phenoxy) is 2. The van der Waals surface area contributed by atoms with Crippen molar-refractivity contribution < 1.29 is 19.1 Å². The third kappa shape index (κ3) is 6.10. The van der Waals surface area contributed by atoms with E-state index in [1.807, 2.05) is 0 Å². The zero-order chi connectivity index (χ0) is 30.0. The first kappa shape index (κ1) is 28.7. The van der Waals surface area contributed by atoms with Crippen LogP contribution in [0.3, 0.4) is 0 Å². The van der Waals surface area contributed by atoms with Gasteiger partial charge in [-0.05, 0) is 64.3 Å². The number of hydrogen-bond donors (Lipinski definition) is 2. The zero-order valence-electron chi connectivity index (χ0n) is 24.2. The van der Waals surface area contributed by atoms with E-state index in [0.717, 1.165) is 12.8 Å². The molecule has 0 radical (unpaired) electrons. The average molecular weight is 575 g/mol. The van der Waals surface area contributed by atoms with Crippen molar-refractivity contribution in [2.75, 3.05) is 24.4 Å². The van der Waals surface area contributed by atoms with Gasteiger partial charge in [0, 0.05) is 38.7 Å². The molecule has 0 saturated heterocycles. The summed E-state index contributed by atoms with van der Waals surface area (Å²) in [6.45, 7) is 5.30. The summed E-state index contributed by atoms with van der Waals surface area (Å²) >= 11 is 0. The molecule has 220 valence electrons. The Morgan fingerprint density at radius 1 is 1.14 bits per heavy atom. The molecule has 2 atom stereocenters. The van der Waals surface area contributed by atoms with Gasteiger partial charge in [0.2, 0.25) is 0 Å². The number of fused-ring (bicyclic) bond motifs is 1. The quantitative estimate of drug-likeness (QED) is 0.338. The highest BCUT2D eigenvalue weighted by Crippen LogP contribution is 2.26. The molecule has 13 nitrogen and oxygen atoms in total. The highest BCUT2D eigenvalue weighted by atomic mass is 16.6. The van der Waals surface area contributed by atoms with Crippen molar-refractivity contribution in [3.05, 3.63) is 70.9 Å². The van der Waals surface area contributed by atoms with E-state index >= 15 is 0 Å². The second-order valence-corrected chi connectivity index (χ2v) is 11.1. The summed E-state index contributed by atoms with van der Waals surface area (Å²) in [6.07, 6.45) is 6.47. The first-order valence-corrected chi connectivity index (χ1v) is 13.6. The maximum Gasteiger partial charge on any atom is 0.415 e.